The third-order valence-corrected chi connectivity index (χ3v) is 15.0. The summed E-state index contributed by atoms with van der Waals surface area (Å²) in [7, 11) is 0. The van der Waals surface area contributed by atoms with Crippen molar-refractivity contribution in [2.75, 3.05) is 0 Å². The Kier molecular flexibility index (Phi) is 9.99. The monoisotopic (exact) mass is 871 g/mol. The first-order chi connectivity index (χ1) is 33.3. The van der Waals surface area contributed by atoms with Gasteiger partial charge in [0.2, 0.25) is 0 Å². The summed E-state index contributed by atoms with van der Waals surface area (Å²) in [6, 6.07) is 84.0. The molecule has 0 fully saturated rings. The molecule has 10 aromatic carbocycles. The number of hydrogen-bond acceptors (Lipinski definition) is 0. The highest BCUT2D eigenvalue weighted by Crippen LogP contribution is 2.52. The number of fused-ring (bicyclic) bond motifs is 6. The first-order valence-corrected chi connectivity index (χ1v) is 24.0. The molecule has 1 aromatic heterocycles. The molecule has 0 N–H and O–H groups in total. The van der Waals surface area contributed by atoms with E-state index in [1.807, 2.05) is 0 Å². The van der Waals surface area contributed by atoms with Gasteiger partial charge in [-0.3, -0.25) is 0 Å². The van der Waals surface area contributed by atoms with Crippen LogP contribution in [0.4, 0.5) is 0 Å². The zero-order valence-electron chi connectivity index (χ0n) is 39.4. The second-order valence-electron chi connectivity index (χ2n) is 19.3. The minimum Gasteiger partial charge on any atom is -0.309 e. The van der Waals surface area contributed by atoms with Gasteiger partial charge in [-0.05, 0) is 157 Å². The largest absolute Gasteiger partial charge is 0.309 e. The van der Waals surface area contributed by atoms with Crippen molar-refractivity contribution in [1.82, 2.24) is 4.57 Å². The molecule has 1 aliphatic rings. The van der Waals surface area contributed by atoms with Gasteiger partial charge in [0.25, 0.3) is 0 Å². The van der Waals surface area contributed by atoms with E-state index in [1.165, 1.54) is 128 Å². The normalized spacial score (nSPS) is 12.7. The van der Waals surface area contributed by atoms with Gasteiger partial charge in [0.05, 0.1) is 11.0 Å². The molecule has 0 bridgehead atoms. The lowest BCUT2D eigenvalue weighted by Crippen LogP contribution is -2.14. The highest BCUT2D eigenvalue weighted by atomic mass is 15.0. The standard InChI is InChI=1S/C67H53N/c1-43-22-9-12-27-48(43)52-30-15-17-33-55(52)66(56-34-18-16-31-53(56)49-28-13-10-23-44(49)2)57-36-21-35-51(65(57)50-29-14-11-24-45(50)3)46-38-39-63-59(40-46)60-41-58-54-32-19-20-37-61(54)67(4,5)62(58)42-64(60)68(63)47-25-7-6-8-26-47/h6-42,66H,1-5H3. The van der Waals surface area contributed by atoms with Gasteiger partial charge in [-0.1, -0.05) is 202 Å². The predicted octanol–water partition coefficient (Wildman–Crippen LogP) is 17.9. The van der Waals surface area contributed by atoms with Crippen LogP contribution in [0.3, 0.4) is 0 Å². The van der Waals surface area contributed by atoms with Crippen molar-refractivity contribution in [2.45, 2.75) is 46.0 Å². The van der Waals surface area contributed by atoms with Gasteiger partial charge in [0.1, 0.15) is 0 Å². The molecule has 0 unspecified atom stereocenters. The Morgan fingerprint density at radius 1 is 0.338 bits per heavy atom. The Labute approximate surface area is 400 Å². The van der Waals surface area contributed by atoms with Crippen molar-refractivity contribution in [2.24, 2.45) is 0 Å². The Bertz CT molecular complexity index is 3660. The van der Waals surface area contributed by atoms with E-state index in [0.29, 0.717) is 0 Å². The zero-order valence-corrected chi connectivity index (χ0v) is 39.4. The van der Waals surface area contributed by atoms with Crippen molar-refractivity contribution in [3.05, 3.63) is 269 Å². The number of aromatic nitrogens is 1. The fourth-order valence-corrected chi connectivity index (χ4v) is 11.7. The summed E-state index contributed by atoms with van der Waals surface area (Å²) in [5, 5.41) is 2.52. The van der Waals surface area contributed by atoms with Crippen LogP contribution < -0.4 is 0 Å². The molecular formula is C67H53N. The predicted molar refractivity (Wildman–Crippen MR) is 288 cm³/mol. The molecule has 68 heavy (non-hydrogen) atoms. The van der Waals surface area contributed by atoms with Crippen LogP contribution in [0.25, 0.3) is 83.1 Å². The molecule has 0 amide bonds. The molecule has 12 rings (SSSR count). The second kappa shape index (κ2) is 16.4. The summed E-state index contributed by atoms with van der Waals surface area (Å²) < 4.78 is 2.48. The smallest absolute Gasteiger partial charge is 0.0544 e. The first-order valence-electron chi connectivity index (χ1n) is 24.0. The van der Waals surface area contributed by atoms with Crippen LogP contribution in [0.1, 0.15) is 64.3 Å². The first kappa shape index (κ1) is 41.4. The van der Waals surface area contributed by atoms with E-state index in [4.69, 9.17) is 0 Å². The summed E-state index contributed by atoms with van der Waals surface area (Å²) in [4.78, 5) is 0. The van der Waals surface area contributed by atoms with E-state index >= 15 is 0 Å². The number of para-hydroxylation sites is 1. The lowest BCUT2D eigenvalue weighted by atomic mass is 9.74. The van der Waals surface area contributed by atoms with Crippen molar-refractivity contribution in [3.63, 3.8) is 0 Å². The number of nitrogens with zero attached hydrogens (tertiary/aromatic N) is 1. The maximum Gasteiger partial charge on any atom is 0.0544 e. The van der Waals surface area contributed by atoms with E-state index < -0.39 is 0 Å². The minimum atomic E-state index is -0.120. The minimum absolute atomic E-state index is 0.113. The molecule has 326 valence electrons. The van der Waals surface area contributed by atoms with E-state index in [-0.39, 0.29) is 11.3 Å². The van der Waals surface area contributed by atoms with Crippen molar-refractivity contribution in [3.8, 4) is 61.3 Å². The molecule has 0 radical (unpaired) electrons. The quantitative estimate of drug-likeness (QED) is 0.134. The van der Waals surface area contributed by atoms with Gasteiger partial charge >= 0.3 is 0 Å². The van der Waals surface area contributed by atoms with Gasteiger partial charge in [0, 0.05) is 27.8 Å². The molecule has 1 heterocycles. The Morgan fingerprint density at radius 2 is 0.824 bits per heavy atom. The fraction of sp³-hybridized carbons (Fsp3) is 0.104. The number of rotatable bonds is 8. The van der Waals surface area contributed by atoms with Gasteiger partial charge in [-0.15, -0.1) is 0 Å². The second-order valence-corrected chi connectivity index (χ2v) is 19.3. The average Bonchev–Trinajstić information content (AvgIpc) is 3.81. The maximum atomic E-state index is 2.49. The number of aryl methyl sites for hydroxylation is 3. The lowest BCUT2D eigenvalue weighted by molar-refractivity contribution is 0.661. The lowest BCUT2D eigenvalue weighted by Gasteiger charge is -2.29. The summed E-state index contributed by atoms with van der Waals surface area (Å²) in [6.07, 6.45) is 0. The topological polar surface area (TPSA) is 4.93 Å². The molecule has 0 aliphatic heterocycles. The van der Waals surface area contributed by atoms with E-state index in [1.54, 1.807) is 0 Å². The summed E-state index contributed by atoms with van der Waals surface area (Å²) in [5.74, 6) is -0.120. The highest BCUT2D eigenvalue weighted by molar-refractivity contribution is 6.13. The summed E-state index contributed by atoms with van der Waals surface area (Å²) in [6.45, 7) is 11.5. The number of hydrogen-bond donors (Lipinski definition) is 0. The third kappa shape index (κ3) is 6.60. The third-order valence-electron chi connectivity index (χ3n) is 15.0. The maximum absolute atomic E-state index is 2.49. The van der Waals surface area contributed by atoms with Crippen molar-refractivity contribution < 1.29 is 0 Å². The Morgan fingerprint density at radius 3 is 1.44 bits per heavy atom. The van der Waals surface area contributed by atoms with Gasteiger partial charge in [0.15, 0.2) is 0 Å². The zero-order chi connectivity index (χ0) is 46.1. The molecule has 0 spiro atoms. The number of benzene rings is 10. The molecule has 1 nitrogen and oxygen atoms in total. The van der Waals surface area contributed by atoms with E-state index in [2.05, 4.69) is 264 Å². The molecule has 0 atom stereocenters. The van der Waals surface area contributed by atoms with Gasteiger partial charge in [-0.2, -0.15) is 0 Å². The van der Waals surface area contributed by atoms with E-state index in [0.717, 1.165) is 0 Å². The van der Waals surface area contributed by atoms with Crippen LogP contribution in [0.2, 0.25) is 0 Å². The van der Waals surface area contributed by atoms with Crippen LogP contribution in [0.15, 0.2) is 224 Å². The van der Waals surface area contributed by atoms with Crippen LogP contribution >= 0.6 is 0 Å². The summed E-state index contributed by atoms with van der Waals surface area (Å²) in [5.41, 5.74) is 26.5. The van der Waals surface area contributed by atoms with Gasteiger partial charge < -0.3 is 4.57 Å². The van der Waals surface area contributed by atoms with E-state index in [9.17, 15) is 0 Å². The molecular weight excluding hydrogens is 819 g/mol. The molecule has 11 aromatic rings. The van der Waals surface area contributed by atoms with Crippen molar-refractivity contribution >= 4 is 21.8 Å². The Hall–Kier alpha value is -8.00. The van der Waals surface area contributed by atoms with Crippen LogP contribution in [0, 0.1) is 20.8 Å². The molecule has 1 aliphatic carbocycles. The molecule has 0 saturated carbocycles. The van der Waals surface area contributed by atoms with Crippen LogP contribution in [-0.2, 0) is 5.41 Å². The summed E-state index contributed by atoms with van der Waals surface area (Å²) >= 11 is 0. The van der Waals surface area contributed by atoms with Crippen LogP contribution in [0.5, 0.6) is 0 Å². The molecule has 0 saturated heterocycles. The van der Waals surface area contributed by atoms with Crippen LogP contribution in [-0.4, -0.2) is 4.57 Å². The molecule has 1 heteroatoms. The van der Waals surface area contributed by atoms with Crippen molar-refractivity contribution in [1.29, 1.82) is 0 Å². The Balaban J connectivity index is 1.17. The fourth-order valence-electron chi connectivity index (χ4n) is 11.7. The highest BCUT2D eigenvalue weighted by Gasteiger charge is 2.36. The average molecular weight is 872 g/mol. The SMILES string of the molecule is Cc1ccccc1-c1ccccc1C(c1ccccc1-c1ccccc1C)c1cccc(-c2ccc3c(c2)c2cc4c(cc2n3-c2ccccc2)C(C)(C)c2ccccc2-4)c1-c1ccccc1C. The van der Waals surface area contributed by atoms with Gasteiger partial charge in [-0.25, -0.2) is 0 Å².